The number of epoxide rings is 1. The van der Waals surface area contributed by atoms with Crippen molar-refractivity contribution in [2.75, 3.05) is 13.2 Å². The van der Waals surface area contributed by atoms with Crippen LogP contribution < -0.4 is 0 Å². The van der Waals surface area contributed by atoms with Crippen LogP contribution in [0.4, 0.5) is 0 Å². The molecule has 1 aliphatic heterocycles. The van der Waals surface area contributed by atoms with Crippen molar-refractivity contribution in [2.24, 2.45) is 0 Å². The summed E-state index contributed by atoms with van der Waals surface area (Å²) in [6, 6.07) is 0. The lowest BCUT2D eigenvalue weighted by molar-refractivity contribution is -0.140. The first-order chi connectivity index (χ1) is 6.60. The maximum atomic E-state index is 10.4. The van der Waals surface area contributed by atoms with Crippen LogP contribution in [0.15, 0.2) is 12.7 Å². The number of esters is 1. The minimum absolute atomic E-state index is 0.0569. The van der Waals surface area contributed by atoms with E-state index in [2.05, 4.69) is 18.2 Å². The van der Waals surface area contributed by atoms with Gasteiger partial charge in [0, 0.05) is 6.08 Å². The number of hydrogen-bond donors (Lipinski definition) is 1. The number of aliphatic hydroxyl groups excluding tert-OH is 1. The van der Waals surface area contributed by atoms with E-state index in [1.165, 1.54) is 0 Å². The first kappa shape index (κ1) is 13.1. The zero-order chi connectivity index (χ0) is 11.0. The van der Waals surface area contributed by atoms with Gasteiger partial charge in [0.05, 0.1) is 18.8 Å². The Bertz CT molecular complexity index is 175. The third-order valence-corrected chi connectivity index (χ3v) is 1.56. The van der Waals surface area contributed by atoms with Crippen LogP contribution in [0.25, 0.3) is 0 Å². The van der Waals surface area contributed by atoms with E-state index in [0.717, 1.165) is 12.7 Å². The van der Waals surface area contributed by atoms with Crippen molar-refractivity contribution >= 4 is 5.97 Å². The molecule has 0 amide bonds. The number of carbonyl (C=O) groups is 1. The summed E-state index contributed by atoms with van der Waals surface area (Å²) in [4.78, 5) is 10.4. The molecule has 1 heterocycles. The molecule has 0 saturated carbocycles. The van der Waals surface area contributed by atoms with E-state index in [0.29, 0.717) is 12.5 Å². The molecular weight excluding hydrogens is 184 g/mol. The molecule has 14 heavy (non-hydrogen) atoms. The third kappa shape index (κ3) is 9.22. The van der Waals surface area contributed by atoms with Gasteiger partial charge in [0.15, 0.2) is 0 Å². The maximum Gasteiger partial charge on any atom is 0.330 e. The fraction of sp³-hybridized carbons (Fsp3) is 0.700. The van der Waals surface area contributed by atoms with E-state index in [-0.39, 0.29) is 6.61 Å². The van der Waals surface area contributed by atoms with E-state index in [9.17, 15) is 4.79 Å². The topological polar surface area (TPSA) is 59.1 Å². The fourth-order valence-corrected chi connectivity index (χ4v) is 0.451. The van der Waals surface area contributed by atoms with Gasteiger partial charge in [-0.15, -0.1) is 0 Å². The molecule has 1 N–H and O–H groups in total. The molecule has 82 valence electrons. The van der Waals surface area contributed by atoms with Crippen LogP contribution in [-0.4, -0.2) is 36.5 Å². The molecule has 1 fully saturated rings. The zero-order valence-electron chi connectivity index (χ0n) is 8.73. The van der Waals surface area contributed by atoms with Gasteiger partial charge in [-0.1, -0.05) is 13.5 Å². The summed E-state index contributed by atoms with van der Waals surface area (Å²) in [5.41, 5.74) is 0. The number of hydrogen-bond acceptors (Lipinski definition) is 4. The van der Waals surface area contributed by atoms with Gasteiger partial charge in [0.1, 0.15) is 6.61 Å². The van der Waals surface area contributed by atoms with Crippen LogP contribution in [0, 0.1) is 0 Å². The Labute approximate surface area is 84.5 Å². The highest BCUT2D eigenvalue weighted by Crippen LogP contribution is 2.04. The van der Waals surface area contributed by atoms with Gasteiger partial charge in [-0.25, -0.2) is 4.79 Å². The Morgan fingerprint density at radius 1 is 1.86 bits per heavy atom. The summed E-state index contributed by atoms with van der Waals surface area (Å²) >= 11 is 0. The minimum Gasteiger partial charge on any atom is -0.460 e. The monoisotopic (exact) mass is 202 g/mol. The molecule has 1 saturated heterocycles. The first-order valence-electron chi connectivity index (χ1n) is 4.69. The van der Waals surface area contributed by atoms with Crippen LogP contribution in [0.5, 0.6) is 0 Å². The smallest absolute Gasteiger partial charge is 0.330 e. The van der Waals surface area contributed by atoms with E-state index in [1.807, 2.05) is 6.92 Å². The average Bonchev–Trinajstić information content (AvgIpc) is 2.97. The van der Waals surface area contributed by atoms with Crippen molar-refractivity contribution in [3.8, 4) is 0 Å². The summed E-state index contributed by atoms with van der Waals surface area (Å²) < 4.78 is 9.25. The van der Waals surface area contributed by atoms with Gasteiger partial charge < -0.3 is 14.6 Å². The van der Waals surface area contributed by atoms with Crippen molar-refractivity contribution in [2.45, 2.75) is 32.5 Å². The lowest BCUT2D eigenvalue weighted by Crippen LogP contribution is -2.16. The van der Waals surface area contributed by atoms with Crippen LogP contribution >= 0.6 is 0 Å². The van der Waals surface area contributed by atoms with E-state index < -0.39 is 12.1 Å². The quantitative estimate of drug-likeness (QED) is 0.418. The zero-order valence-corrected chi connectivity index (χ0v) is 8.73. The lowest BCUT2D eigenvalue weighted by Gasteiger charge is -2.05. The van der Waals surface area contributed by atoms with Crippen molar-refractivity contribution in [3.63, 3.8) is 0 Å². The van der Waals surface area contributed by atoms with Gasteiger partial charge in [-0.2, -0.15) is 0 Å². The second kappa shape index (κ2) is 7.53. The predicted octanol–water partition coefficient (Wildman–Crippen LogP) is 0.892. The van der Waals surface area contributed by atoms with E-state index in [1.54, 1.807) is 0 Å². The van der Waals surface area contributed by atoms with E-state index in [4.69, 9.17) is 9.84 Å². The largest absolute Gasteiger partial charge is 0.460 e. The average molecular weight is 202 g/mol. The summed E-state index contributed by atoms with van der Waals surface area (Å²) in [6.07, 6.45) is 1.69. The van der Waals surface area contributed by atoms with Crippen molar-refractivity contribution < 1.29 is 19.4 Å². The van der Waals surface area contributed by atoms with Crippen LogP contribution in [0.2, 0.25) is 0 Å². The predicted molar refractivity (Wildman–Crippen MR) is 52.9 cm³/mol. The van der Waals surface area contributed by atoms with E-state index >= 15 is 0 Å². The molecule has 1 rings (SSSR count). The molecule has 0 aromatic heterocycles. The number of aliphatic hydroxyl groups is 1. The van der Waals surface area contributed by atoms with Gasteiger partial charge in [0.2, 0.25) is 0 Å². The summed E-state index contributed by atoms with van der Waals surface area (Å²) in [6.45, 7) is 8.12. The lowest BCUT2D eigenvalue weighted by atomic mass is 10.3. The second-order valence-corrected chi connectivity index (χ2v) is 3.04. The molecular formula is C10H18O4. The summed E-state index contributed by atoms with van der Waals surface area (Å²) in [5.74, 6) is -0.493. The minimum atomic E-state index is -0.552. The van der Waals surface area contributed by atoms with Crippen molar-refractivity contribution in [1.29, 1.82) is 0 Å². The Balaban J connectivity index is 0.000000344. The molecule has 1 aliphatic rings. The Morgan fingerprint density at radius 3 is 2.64 bits per heavy atom. The van der Waals surface area contributed by atoms with Crippen LogP contribution in [0.1, 0.15) is 20.3 Å². The normalized spacial score (nSPS) is 20.1. The molecule has 4 nitrogen and oxygen atoms in total. The Hall–Kier alpha value is -0.870. The van der Waals surface area contributed by atoms with Gasteiger partial charge >= 0.3 is 5.97 Å². The highest BCUT2D eigenvalue weighted by atomic mass is 16.6. The molecule has 2 unspecified atom stereocenters. The molecule has 0 aromatic carbocycles. The molecule has 4 heteroatoms. The maximum absolute atomic E-state index is 10.4. The fourth-order valence-electron chi connectivity index (χ4n) is 0.451. The van der Waals surface area contributed by atoms with Crippen LogP contribution in [0.3, 0.4) is 0 Å². The summed E-state index contributed by atoms with van der Waals surface area (Å²) in [5, 5.41) is 8.89. The molecule has 0 spiro atoms. The van der Waals surface area contributed by atoms with Crippen molar-refractivity contribution in [3.05, 3.63) is 12.7 Å². The molecule has 0 bridgehead atoms. The van der Waals surface area contributed by atoms with Crippen molar-refractivity contribution in [1.82, 2.24) is 0 Å². The molecule has 2 atom stereocenters. The summed E-state index contributed by atoms with van der Waals surface area (Å²) in [7, 11) is 0. The highest BCUT2D eigenvalue weighted by Gasteiger charge is 2.13. The molecule has 0 aliphatic carbocycles. The molecule has 0 radical (unpaired) electrons. The number of ether oxygens (including phenoxy) is 2. The highest BCUT2D eigenvalue weighted by molar-refractivity contribution is 5.81. The SMILES string of the molecule is C=CC(=O)OCC(O)CC.CC1CO1. The van der Waals surface area contributed by atoms with Gasteiger partial charge in [-0.3, -0.25) is 0 Å². The number of rotatable bonds is 4. The first-order valence-corrected chi connectivity index (χ1v) is 4.69. The third-order valence-electron chi connectivity index (χ3n) is 1.56. The number of carbonyl (C=O) groups excluding carboxylic acids is 1. The Morgan fingerprint density at radius 2 is 2.36 bits per heavy atom. The second-order valence-electron chi connectivity index (χ2n) is 3.04. The van der Waals surface area contributed by atoms with Gasteiger partial charge in [-0.05, 0) is 13.3 Å². The van der Waals surface area contributed by atoms with Gasteiger partial charge in [0.25, 0.3) is 0 Å². The standard InChI is InChI=1S/C7H12O3.C3H6O/c1-3-6(8)5-10-7(9)4-2;1-3-2-4-3/h4,6,8H,2-3,5H2,1H3;3H,2H2,1H3. The van der Waals surface area contributed by atoms with Crippen LogP contribution in [-0.2, 0) is 14.3 Å². The molecule has 0 aromatic rings. The Kier molecular flexibility index (Phi) is 7.06.